The molecule has 0 unspecified atom stereocenters. The molecule has 0 bridgehead atoms. The standard InChI is InChI=1S/C15H16F6INO/c1-3-8(2)12(7-22)23-13(24)9-4-10(14(16,17)18)6-11(5-9)15(19,20)21/h4-6,8,12H,3,7H2,1-2H3,(H,23,24)/t8-,12+/m0/s1. The molecule has 0 aliphatic carbocycles. The molecular weight excluding hydrogens is 451 g/mol. The van der Waals surface area contributed by atoms with E-state index in [0.29, 0.717) is 23.0 Å². The maximum atomic E-state index is 12.8. The van der Waals surface area contributed by atoms with Gasteiger partial charge in [-0.25, -0.2) is 0 Å². The largest absolute Gasteiger partial charge is 0.416 e. The molecule has 1 aromatic carbocycles. The summed E-state index contributed by atoms with van der Waals surface area (Å²) in [4.78, 5) is 12.1. The molecule has 2 nitrogen and oxygen atoms in total. The summed E-state index contributed by atoms with van der Waals surface area (Å²) in [6.45, 7) is 3.72. The molecular formula is C15H16F6INO. The molecule has 0 spiro atoms. The Bertz CT molecular complexity index is 552. The second-order valence-corrected chi connectivity index (χ2v) is 6.30. The Hall–Kier alpha value is -1.00. The predicted molar refractivity (Wildman–Crippen MR) is 86.0 cm³/mol. The Labute approximate surface area is 149 Å². The Balaban J connectivity index is 3.24. The van der Waals surface area contributed by atoms with Crippen molar-refractivity contribution in [3.8, 4) is 0 Å². The van der Waals surface area contributed by atoms with Crippen molar-refractivity contribution in [3.63, 3.8) is 0 Å². The minimum absolute atomic E-state index is 0.00125. The maximum Gasteiger partial charge on any atom is 0.416 e. The van der Waals surface area contributed by atoms with Gasteiger partial charge in [0.1, 0.15) is 0 Å². The van der Waals surface area contributed by atoms with Crippen LogP contribution >= 0.6 is 22.6 Å². The number of hydrogen-bond donors (Lipinski definition) is 1. The molecule has 0 radical (unpaired) electrons. The van der Waals surface area contributed by atoms with Crippen LogP contribution in [0.2, 0.25) is 0 Å². The van der Waals surface area contributed by atoms with Gasteiger partial charge >= 0.3 is 12.4 Å². The molecule has 0 fully saturated rings. The Morgan fingerprint density at radius 2 is 1.54 bits per heavy atom. The van der Waals surface area contributed by atoms with Crippen molar-refractivity contribution >= 4 is 28.5 Å². The fourth-order valence-electron chi connectivity index (χ4n) is 1.96. The van der Waals surface area contributed by atoms with Gasteiger partial charge in [0, 0.05) is 16.0 Å². The third-order valence-corrected chi connectivity index (χ3v) is 4.61. The highest BCUT2D eigenvalue weighted by atomic mass is 127. The molecule has 0 saturated carbocycles. The van der Waals surface area contributed by atoms with E-state index in [-0.39, 0.29) is 18.0 Å². The fourth-order valence-corrected chi connectivity index (χ4v) is 3.04. The smallest absolute Gasteiger partial charge is 0.348 e. The van der Waals surface area contributed by atoms with Crippen molar-refractivity contribution in [1.29, 1.82) is 0 Å². The van der Waals surface area contributed by atoms with E-state index < -0.39 is 35.0 Å². The molecule has 1 N–H and O–H groups in total. The van der Waals surface area contributed by atoms with Crippen LogP contribution < -0.4 is 5.32 Å². The van der Waals surface area contributed by atoms with Gasteiger partial charge in [-0.1, -0.05) is 42.9 Å². The lowest BCUT2D eigenvalue weighted by atomic mass is 9.99. The first-order valence-corrected chi connectivity index (χ1v) is 8.59. The predicted octanol–water partition coefficient (Wildman–Crippen LogP) is 5.30. The van der Waals surface area contributed by atoms with E-state index in [1.165, 1.54) is 0 Å². The minimum Gasteiger partial charge on any atom is -0.348 e. The van der Waals surface area contributed by atoms with Crippen molar-refractivity contribution in [3.05, 3.63) is 34.9 Å². The molecule has 1 aromatic rings. The summed E-state index contributed by atoms with van der Waals surface area (Å²) in [6.07, 6.45) is -9.24. The maximum absolute atomic E-state index is 12.8. The highest BCUT2D eigenvalue weighted by Gasteiger charge is 2.37. The normalized spacial score (nSPS) is 15.0. The number of benzene rings is 1. The van der Waals surface area contributed by atoms with Crippen LogP contribution in [0.1, 0.15) is 41.8 Å². The van der Waals surface area contributed by atoms with E-state index in [1.807, 2.05) is 36.4 Å². The number of carbonyl (C=O) groups is 1. The number of rotatable bonds is 5. The monoisotopic (exact) mass is 467 g/mol. The quantitative estimate of drug-likeness (QED) is 0.356. The highest BCUT2D eigenvalue weighted by molar-refractivity contribution is 14.1. The number of hydrogen-bond acceptors (Lipinski definition) is 1. The zero-order valence-corrected chi connectivity index (χ0v) is 15.0. The molecule has 9 heteroatoms. The van der Waals surface area contributed by atoms with Gasteiger partial charge < -0.3 is 5.32 Å². The van der Waals surface area contributed by atoms with E-state index >= 15 is 0 Å². The van der Waals surface area contributed by atoms with Crippen molar-refractivity contribution in [2.75, 3.05) is 4.43 Å². The van der Waals surface area contributed by atoms with Crippen LogP contribution in [-0.4, -0.2) is 16.4 Å². The van der Waals surface area contributed by atoms with Crippen LogP contribution in [0.3, 0.4) is 0 Å². The summed E-state index contributed by atoms with van der Waals surface area (Å²) in [5.74, 6) is -0.910. The Morgan fingerprint density at radius 1 is 1.08 bits per heavy atom. The van der Waals surface area contributed by atoms with Crippen LogP contribution in [0.25, 0.3) is 0 Å². The topological polar surface area (TPSA) is 29.1 Å². The van der Waals surface area contributed by atoms with E-state index in [1.54, 1.807) is 0 Å². The van der Waals surface area contributed by atoms with Crippen molar-refractivity contribution in [2.45, 2.75) is 38.7 Å². The SMILES string of the molecule is CC[C@H](C)[C@@H](CI)NC(=O)c1cc(C(F)(F)F)cc(C(F)(F)F)c1. The van der Waals surface area contributed by atoms with Crippen molar-refractivity contribution in [1.82, 2.24) is 5.32 Å². The first-order chi connectivity index (χ1) is 10.9. The summed E-state index contributed by atoms with van der Waals surface area (Å²) >= 11 is 2.01. The second-order valence-electron chi connectivity index (χ2n) is 5.41. The van der Waals surface area contributed by atoms with E-state index in [9.17, 15) is 31.1 Å². The Kier molecular flexibility index (Phi) is 6.94. The molecule has 136 valence electrons. The third-order valence-electron chi connectivity index (χ3n) is 3.66. The van der Waals surface area contributed by atoms with Gasteiger partial charge in [-0.05, 0) is 24.1 Å². The van der Waals surface area contributed by atoms with Gasteiger partial charge in [0.15, 0.2) is 0 Å². The lowest BCUT2D eigenvalue weighted by molar-refractivity contribution is -0.143. The van der Waals surface area contributed by atoms with Gasteiger partial charge in [0.05, 0.1) is 11.1 Å². The van der Waals surface area contributed by atoms with Crippen molar-refractivity contribution in [2.24, 2.45) is 5.92 Å². The van der Waals surface area contributed by atoms with Gasteiger partial charge in [0.2, 0.25) is 0 Å². The Morgan fingerprint density at radius 3 is 1.88 bits per heavy atom. The summed E-state index contributed by atoms with van der Waals surface area (Å²) < 4.78 is 77.4. The lowest BCUT2D eigenvalue weighted by Gasteiger charge is -2.22. The molecule has 0 aromatic heterocycles. The molecule has 0 heterocycles. The number of alkyl halides is 7. The highest BCUT2D eigenvalue weighted by Crippen LogP contribution is 2.36. The first-order valence-electron chi connectivity index (χ1n) is 7.06. The van der Waals surface area contributed by atoms with Gasteiger partial charge in [0.25, 0.3) is 5.91 Å². The molecule has 0 saturated heterocycles. The molecule has 24 heavy (non-hydrogen) atoms. The summed E-state index contributed by atoms with van der Waals surface area (Å²) in [5.41, 5.74) is -3.66. The van der Waals surface area contributed by atoms with Crippen LogP contribution in [-0.2, 0) is 12.4 Å². The molecule has 0 aliphatic rings. The van der Waals surface area contributed by atoms with Gasteiger partial charge in [-0.2, -0.15) is 26.3 Å². The number of amides is 1. The van der Waals surface area contributed by atoms with Gasteiger partial charge in [-0.15, -0.1) is 0 Å². The summed E-state index contributed by atoms with van der Waals surface area (Å²) in [6, 6.07) is 0.532. The zero-order valence-electron chi connectivity index (χ0n) is 12.9. The second kappa shape index (κ2) is 7.92. The van der Waals surface area contributed by atoms with E-state index in [4.69, 9.17) is 0 Å². The van der Waals surface area contributed by atoms with E-state index in [2.05, 4.69) is 5.32 Å². The molecule has 1 amide bonds. The van der Waals surface area contributed by atoms with Crippen LogP contribution in [0.4, 0.5) is 26.3 Å². The first kappa shape index (κ1) is 21.0. The number of nitrogens with one attached hydrogen (secondary N) is 1. The fraction of sp³-hybridized carbons (Fsp3) is 0.533. The van der Waals surface area contributed by atoms with Crippen LogP contribution in [0.5, 0.6) is 0 Å². The van der Waals surface area contributed by atoms with Crippen LogP contribution in [0.15, 0.2) is 18.2 Å². The number of halogens is 7. The number of carbonyl (C=O) groups excluding carboxylic acids is 1. The average Bonchev–Trinajstić information content (AvgIpc) is 2.49. The molecule has 0 aliphatic heterocycles. The third kappa shape index (κ3) is 5.52. The summed E-state index contributed by atoms with van der Waals surface area (Å²) in [5, 5.41) is 2.51. The van der Waals surface area contributed by atoms with Gasteiger partial charge in [-0.3, -0.25) is 4.79 Å². The van der Waals surface area contributed by atoms with E-state index in [0.717, 1.165) is 0 Å². The van der Waals surface area contributed by atoms with Crippen LogP contribution in [0, 0.1) is 5.92 Å². The molecule has 1 rings (SSSR count). The van der Waals surface area contributed by atoms with Crippen molar-refractivity contribution < 1.29 is 31.1 Å². The minimum atomic E-state index is -4.98. The zero-order chi connectivity index (χ0) is 18.7. The summed E-state index contributed by atoms with van der Waals surface area (Å²) in [7, 11) is 0. The average molecular weight is 467 g/mol. The molecule has 2 atom stereocenters. The lowest BCUT2D eigenvalue weighted by Crippen LogP contribution is -2.40.